The third kappa shape index (κ3) is 3.76. The van der Waals surface area contributed by atoms with Crippen LogP contribution in [0.15, 0.2) is 18.2 Å². The minimum atomic E-state index is 0.510. The van der Waals surface area contributed by atoms with Crippen LogP contribution in [0.2, 0.25) is 0 Å². The Bertz CT molecular complexity index is 416. The van der Waals surface area contributed by atoms with Crippen molar-refractivity contribution in [2.24, 2.45) is 5.92 Å². The van der Waals surface area contributed by atoms with Crippen molar-refractivity contribution in [2.45, 2.75) is 58.4 Å². The molecule has 112 valence electrons. The van der Waals surface area contributed by atoms with Gasteiger partial charge < -0.3 is 10.1 Å². The van der Waals surface area contributed by atoms with Crippen LogP contribution in [-0.4, -0.2) is 13.7 Å². The van der Waals surface area contributed by atoms with Crippen LogP contribution in [0, 0.1) is 5.92 Å². The molecule has 0 spiro atoms. The number of methoxy groups -OCH3 is 1. The fraction of sp³-hybridized carbons (Fsp3) is 0.667. The highest BCUT2D eigenvalue weighted by Gasteiger charge is 2.22. The van der Waals surface area contributed by atoms with E-state index in [-0.39, 0.29) is 0 Å². The molecule has 0 amide bonds. The van der Waals surface area contributed by atoms with Crippen LogP contribution in [0.5, 0.6) is 5.75 Å². The summed E-state index contributed by atoms with van der Waals surface area (Å²) in [7, 11) is 1.75. The van der Waals surface area contributed by atoms with Gasteiger partial charge in [0.1, 0.15) is 5.75 Å². The number of fused-ring (bicyclic) bond motifs is 1. The number of ether oxygens (including phenoxy) is 1. The second kappa shape index (κ2) is 7.68. The Morgan fingerprint density at radius 1 is 1.35 bits per heavy atom. The predicted molar refractivity (Wildman–Crippen MR) is 85.4 cm³/mol. The molecule has 0 aliphatic carbocycles. The third-order valence-corrected chi connectivity index (χ3v) is 4.63. The number of unbranched alkanes of at least 4 members (excludes halogenated alkanes) is 1. The zero-order valence-corrected chi connectivity index (χ0v) is 13.2. The summed E-state index contributed by atoms with van der Waals surface area (Å²) < 4.78 is 5.40. The molecule has 2 rings (SSSR count). The molecule has 2 heteroatoms. The highest BCUT2D eigenvalue weighted by molar-refractivity contribution is 5.39. The summed E-state index contributed by atoms with van der Waals surface area (Å²) in [4.78, 5) is 0. The van der Waals surface area contributed by atoms with E-state index >= 15 is 0 Å². The van der Waals surface area contributed by atoms with Crippen LogP contribution in [0.4, 0.5) is 0 Å². The molecule has 2 unspecified atom stereocenters. The standard InChI is InChI=1S/C18H29NO/c1-4-6-7-14(5-2)12-18-17-13-16(20-3)9-8-15(17)10-11-19-18/h8-9,13-14,18-19H,4-7,10-12H2,1-3H3. The van der Waals surface area contributed by atoms with Crippen LogP contribution >= 0.6 is 0 Å². The molecule has 0 saturated carbocycles. The average molecular weight is 275 g/mol. The van der Waals surface area contributed by atoms with E-state index in [9.17, 15) is 0 Å². The van der Waals surface area contributed by atoms with Gasteiger partial charge in [0.05, 0.1) is 7.11 Å². The molecule has 0 radical (unpaired) electrons. The van der Waals surface area contributed by atoms with Crippen molar-refractivity contribution in [2.75, 3.05) is 13.7 Å². The molecule has 1 aromatic carbocycles. The maximum absolute atomic E-state index is 5.40. The van der Waals surface area contributed by atoms with Crippen molar-refractivity contribution in [3.8, 4) is 5.75 Å². The zero-order valence-electron chi connectivity index (χ0n) is 13.2. The molecular weight excluding hydrogens is 246 g/mol. The summed E-state index contributed by atoms with van der Waals surface area (Å²) in [6.07, 6.45) is 7.72. The van der Waals surface area contributed by atoms with Gasteiger partial charge >= 0.3 is 0 Å². The minimum absolute atomic E-state index is 0.510. The highest BCUT2D eigenvalue weighted by Crippen LogP contribution is 2.33. The first-order valence-electron chi connectivity index (χ1n) is 8.18. The molecular formula is C18H29NO. The molecule has 0 fully saturated rings. The Morgan fingerprint density at radius 2 is 2.20 bits per heavy atom. The van der Waals surface area contributed by atoms with Crippen LogP contribution in [0.3, 0.4) is 0 Å². The van der Waals surface area contributed by atoms with Gasteiger partial charge in [0.2, 0.25) is 0 Å². The molecule has 2 atom stereocenters. The van der Waals surface area contributed by atoms with Gasteiger partial charge in [-0.2, -0.15) is 0 Å². The lowest BCUT2D eigenvalue weighted by atomic mass is 9.85. The van der Waals surface area contributed by atoms with E-state index in [1.807, 2.05) is 0 Å². The maximum atomic E-state index is 5.40. The minimum Gasteiger partial charge on any atom is -0.497 e. The summed E-state index contributed by atoms with van der Waals surface area (Å²) in [6, 6.07) is 7.08. The average Bonchev–Trinajstić information content (AvgIpc) is 2.51. The van der Waals surface area contributed by atoms with Gasteiger partial charge in [-0.3, -0.25) is 0 Å². The summed E-state index contributed by atoms with van der Waals surface area (Å²) in [5.74, 6) is 1.82. The predicted octanol–water partition coefficient (Wildman–Crippen LogP) is 4.49. The topological polar surface area (TPSA) is 21.3 Å². The normalized spacial score (nSPS) is 19.4. The highest BCUT2D eigenvalue weighted by atomic mass is 16.5. The van der Waals surface area contributed by atoms with Gasteiger partial charge in [-0.1, -0.05) is 45.6 Å². The lowest BCUT2D eigenvalue weighted by molar-refractivity contribution is 0.344. The van der Waals surface area contributed by atoms with Crippen molar-refractivity contribution < 1.29 is 4.74 Å². The van der Waals surface area contributed by atoms with Crippen molar-refractivity contribution >= 4 is 0 Å². The summed E-state index contributed by atoms with van der Waals surface area (Å²) in [5.41, 5.74) is 2.96. The largest absolute Gasteiger partial charge is 0.497 e. The monoisotopic (exact) mass is 275 g/mol. The van der Waals surface area contributed by atoms with E-state index in [1.165, 1.54) is 43.2 Å². The van der Waals surface area contributed by atoms with E-state index in [1.54, 1.807) is 7.11 Å². The SMILES string of the molecule is CCCCC(CC)CC1NCCc2ccc(OC)cc21. The van der Waals surface area contributed by atoms with Gasteiger partial charge in [0.25, 0.3) is 0 Å². The number of hydrogen-bond donors (Lipinski definition) is 1. The molecule has 1 N–H and O–H groups in total. The first-order valence-corrected chi connectivity index (χ1v) is 8.18. The molecule has 0 bridgehead atoms. The maximum Gasteiger partial charge on any atom is 0.119 e. The van der Waals surface area contributed by atoms with Crippen molar-refractivity contribution in [1.82, 2.24) is 5.32 Å². The molecule has 1 aliphatic rings. The second-order valence-corrected chi connectivity index (χ2v) is 5.97. The third-order valence-electron chi connectivity index (χ3n) is 4.63. The zero-order chi connectivity index (χ0) is 14.4. The Kier molecular flexibility index (Phi) is 5.90. The van der Waals surface area contributed by atoms with Crippen LogP contribution in [0.1, 0.15) is 63.1 Å². The molecule has 0 saturated heterocycles. The van der Waals surface area contributed by atoms with Crippen LogP contribution < -0.4 is 10.1 Å². The molecule has 20 heavy (non-hydrogen) atoms. The van der Waals surface area contributed by atoms with Crippen LogP contribution in [-0.2, 0) is 6.42 Å². The fourth-order valence-corrected chi connectivity index (χ4v) is 3.27. The number of rotatable bonds is 7. The van der Waals surface area contributed by atoms with Crippen molar-refractivity contribution in [1.29, 1.82) is 0 Å². The van der Waals surface area contributed by atoms with Crippen molar-refractivity contribution in [3.05, 3.63) is 29.3 Å². The first-order chi connectivity index (χ1) is 9.78. The molecule has 1 aromatic rings. The molecule has 2 nitrogen and oxygen atoms in total. The first kappa shape index (κ1) is 15.4. The molecule has 0 aromatic heterocycles. The van der Waals surface area contributed by atoms with Gasteiger partial charge in [0, 0.05) is 6.04 Å². The lowest BCUT2D eigenvalue weighted by Crippen LogP contribution is -2.31. The second-order valence-electron chi connectivity index (χ2n) is 5.97. The summed E-state index contributed by atoms with van der Waals surface area (Å²) in [6.45, 7) is 5.72. The van der Waals surface area contributed by atoms with E-state index < -0.39 is 0 Å². The van der Waals surface area contributed by atoms with Gasteiger partial charge in [0.15, 0.2) is 0 Å². The van der Waals surface area contributed by atoms with Gasteiger partial charge in [-0.25, -0.2) is 0 Å². The Labute approximate surface area is 123 Å². The Morgan fingerprint density at radius 3 is 2.90 bits per heavy atom. The van der Waals surface area contributed by atoms with E-state index in [4.69, 9.17) is 4.74 Å². The summed E-state index contributed by atoms with van der Waals surface area (Å²) in [5, 5.41) is 3.71. The lowest BCUT2D eigenvalue weighted by Gasteiger charge is -2.30. The molecule has 1 aliphatic heterocycles. The Hall–Kier alpha value is -1.02. The summed E-state index contributed by atoms with van der Waals surface area (Å²) >= 11 is 0. The van der Waals surface area contributed by atoms with Crippen molar-refractivity contribution in [3.63, 3.8) is 0 Å². The number of benzene rings is 1. The molecule has 1 heterocycles. The number of nitrogens with one attached hydrogen (secondary N) is 1. The smallest absolute Gasteiger partial charge is 0.119 e. The van der Waals surface area contributed by atoms with E-state index in [0.717, 1.165) is 24.6 Å². The van der Waals surface area contributed by atoms with Gasteiger partial charge in [-0.05, 0) is 48.6 Å². The number of hydrogen-bond acceptors (Lipinski definition) is 2. The quantitative estimate of drug-likeness (QED) is 0.791. The van der Waals surface area contributed by atoms with Gasteiger partial charge in [-0.15, -0.1) is 0 Å². The van der Waals surface area contributed by atoms with Crippen LogP contribution in [0.25, 0.3) is 0 Å². The fourth-order valence-electron chi connectivity index (χ4n) is 3.27. The Balaban J connectivity index is 2.10. The van der Waals surface area contributed by atoms with E-state index in [0.29, 0.717) is 6.04 Å². The van der Waals surface area contributed by atoms with E-state index in [2.05, 4.69) is 37.4 Å².